The lowest BCUT2D eigenvalue weighted by Gasteiger charge is -2.08. The number of pyridine rings is 1. The molecule has 0 N–H and O–H groups in total. The lowest BCUT2D eigenvalue weighted by Crippen LogP contribution is -2.08. The van der Waals surface area contributed by atoms with Crippen molar-refractivity contribution < 1.29 is 4.74 Å². The van der Waals surface area contributed by atoms with E-state index >= 15 is 0 Å². The standard InChI is InChI=1S/C12H14N2OS/c1-9-5-10(7-13)6-12(14-9)16-8-11-3-2-4-15-11/h5-6,11H,2-4,8H2,1H3. The van der Waals surface area contributed by atoms with Crippen molar-refractivity contribution in [3.8, 4) is 6.07 Å². The van der Waals surface area contributed by atoms with Crippen LogP contribution in [0.3, 0.4) is 0 Å². The SMILES string of the molecule is Cc1cc(C#N)cc(SCC2CCCO2)n1. The molecule has 1 aliphatic rings. The molecule has 2 rings (SSSR count). The first kappa shape index (κ1) is 11.4. The number of nitrogens with zero attached hydrogens (tertiary/aromatic N) is 2. The van der Waals surface area contributed by atoms with Gasteiger partial charge in [-0.05, 0) is 31.9 Å². The van der Waals surface area contributed by atoms with Crippen molar-refractivity contribution >= 4 is 11.8 Å². The summed E-state index contributed by atoms with van der Waals surface area (Å²) in [7, 11) is 0. The molecule has 0 saturated carbocycles. The largest absolute Gasteiger partial charge is 0.377 e. The summed E-state index contributed by atoms with van der Waals surface area (Å²) in [5, 5.41) is 9.78. The Morgan fingerprint density at radius 1 is 1.62 bits per heavy atom. The van der Waals surface area contributed by atoms with Crippen LogP contribution in [0.1, 0.15) is 24.1 Å². The molecule has 84 valence electrons. The summed E-state index contributed by atoms with van der Waals surface area (Å²) < 4.78 is 5.55. The maximum Gasteiger partial charge on any atom is 0.0993 e. The highest BCUT2D eigenvalue weighted by atomic mass is 32.2. The number of aryl methyl sites for hydroxylation is 1. The lowest BCUT2D eigenvalue weighted by molar-refractivity contribution is 0.129. The number of hydrogen-bond acceptors (Lipinski definition) is 4. The van der Waals surface area contributed by atoms with E-state index in [0.717, 1.165) is 35.9 Å². The number of aromatic nitrogens is 1. The van der Waals surface area contributed by atoms with Gasteiger partial charge in [0.1, 0.15) is 0 Å². The predicted molar refractivity (Wildman–Crippen MR) is 63.4 cm³/mol. The molecule has 0 amide bonds. The number of ether oxygens (including phenoxy) is 1. The van der Waals surface area contributed by atoms with E-state index in [2.05, 4.69) is 11.1 Å². The second-order valence-electron chi connectivity index (χ2n) is 3.89. The fourth-order valence-corrected chi connectivity index (χ4v) is 2.77. The zero-order valence-electron chi connectivity index (χ0n) is 9.27. The van der Waals surface area contributed by atoms with Crippen LogP contribution in [0.4, 0.5) is 0 Å². The Morgan fingerprint density at radius 2 is 2.50 bits per heavy atom. The summed E-state index contributed by atoms with van der Waals surface area (Å²) in [4.78, 5) is 4.40. The van der Waals surface area contributed by atoms with Crippen molar-refractivity contribution in [2.75, 3.05) is 12.4 Å². The molecule has 1 aliphatic heterocycles. The minimum atomic E-state index is 0.359. The zero-order chi connectivity index (χ0) is 11.4. The van der Waals surface area contributed by atoms with Gasteiger partial charge in [0.05, 0.1) is 22.8 Å². The molecule has 2 heterocycles. The summed E-state index contributed by atoms with van der Waals surface area (Å²) in [6, 6.07) is 5.79. The lowest BCUT2D eigenvalue weighted by atomic mass is 10.2. The summed E-state index contributed by atoms with van der Waals surface area (Å²) in [5.41, 5.74) is 1.58. The van der Waals surface area contributed by atoms with Gasteiger partial charge in [0.25, 0.3) is 0 Å². The highest BCUT2D eigenvalue weighted by Crippen LogP contribution is 2.23. The summed E-state index contributed by atoms with van der Waals surface area (Å²) >= 11 is 1.67. The number of rotatable bonds is 3. The van der Waals surface area contributed by atoms with Gasteiger partial charge in [-0.15, -0.1) is 11.8 Å². The van der Waals surface area contributed by atoms with Gasteiger partial charge in [0, 0.05) is 18.1 Å². The number of thioether (sulfide) groups is 1. The Bertz CT molecular complexity index is 408. The quantitative estimate of drug-likeness (QED) is 0.754. The van der Waals surface area contributed by atoms with Gasteiger partial charge in [-0.25, -0.2) is 4.98 Å². The molecule has 16 heavy (non-hydrogen) atoms. The second kappa shape index (κ2) is 5.33. The van der Waals surface area contributed by atoms with Gasteiger partial charge >= 0.3 is 0 Å². The van der Waals surface area contributed by atoms with Crippen LogP contribution < -0.4 is 0 Å². The van der Waals surface area contributed by atoms with Crippen LogP contribution >= 0.6 is 11.8 Å². The number of hydrogen-bond donors (Lipinski definition) is 0. The maximum absolute atomic E-state index is 8.85. The van der Waals surface area contributed by atoms with E-state index in [1.165, 1.54) is 0 Å². The first-order valence-corrected chi connectivity index (χ1v) is 6.39. The molecule has 0 aliphatic carbocycles. The highest BCUT2D eigenvalue weighted by Gasteiger charge is 2.15. The summed E-state index contributed by atoms with van der Waals surface area (Å²) in [6.07, 6.45) is 2.66. The monoisotopic (exact) mass is 234 g/mol. The molecule has 1 atom stereocenters. The zero-order valence-corrected chi connectivity index (χ0v) is 10.1. The molecule has 3 nitrogen and oxygen atoms in total. The Hall–Kier alpha value is -1.05. The number of nitriles is 1. The van der Waals surface area contributed by atoms with Crippen LogP contribution in [0.2, 0.25) is 0 Å². The minimum absolute atomic E-state index is 0.359. The van der Waals surface area contributed by atoms with Crippen molar-refractivity contribution in [2.45, 2.75) is 30.9 Å². The van der Waals surface area contributed by atoms with Crippen molar-refractivity contribution in [1.82, 2.24) is 4.98 Å². The first-order chi connectivity index (χ1) is 7.78. The molecule has 0 spiro atoms. The van der Waals surface area contributed by atoms with Crippen molar-refractivity contribution in [3.63, 3.8) is 0 Å². The van der Waals surface area contributed by atoms with Crippen LogP contribution in [0.15, 0.2) is 17.2 Å². The van der Waals surface area contributed by atoms with Crippen molar-refractivity contribution in [3.05, 3.63) is 23.4 Å². The third-order valence-electron chi connectivity index (χ3n) is 2.50. The van der Waals surface area contributed by atoms with E-state index in [1.54, 1.807) is 17.8 Å². The van der Waals surface area contributed by atoms with Crippen LogP contribution in [-0.2, 0) is 4.74 Å². The molecule has 0 bridgehead atoms. The van der Waals surface area contributed by atoms with Crippen LogP contribution in [-0.4, -0.2) is 23.4 Å². The van der Waals surface area contributed by atoms with E-state index in [-0.39, 0.29) is 0 Å². The summed E-state index contributed by atoms with van der Waals surface area (Å²) in [6.45, 7) is 2.80. The molecule has 4 heteroatoms. The molecule has 1 saturated heterocycles. The van der Waals surface area contributed by atoms with Crippen molar-refractivity contribution in [2.24, 2.45) is 0 Å². The highest BCUT2D eigenvalue weighted by molar-refractivity contribution is 7.99. The average molecular weight is 234 g/mol. The Balaban J connectivity index is 1.98. The molecular formula is C12H14N2OS. The van der Waals surface area contributed by atoms with Gasteiger partial charge in [-0.2, -0.15) is 5.26 Å². The van der Waals surface area contributed by atoms with Gasteiger partial charge in [-0.1, -0.05) is 0 Å². The fourth-order valence-electron chi connectivity index (χ4n) is 1.73. The smallest absolute Gasteiger partial charge is 0.0993 e. The Morgan fingerprint density at radius 3 is 3.19 bits per heavy atom. The van der Waals surface area contributed by atoms with E-state index in [9.17, 15) is 0 Å². The van der Waals surface area contributed by atoms with Crippen molar-refractivity contribution in [1.29, 1.82) is 5.26 Å². The molecular weight excluding hydrogens is 220 g/mol. The maximum atomic E-state index is 8.85. The van der Waals surface area contributed by atoms with Gasteiger partial charge in [-0.3, -0.25) is 0 Å². The minimum Gasteiger partial charge on any atom is -0.377 e. The predicted octanol–water partition coefficient (Wildman–Crippen LogP) is 2.53. The Kier molecular flexibility index (Phi) is 3.81. The molecule has 0 aromatic carbocycles. The third-order valence-corrected chi connectivity index (χ3v) is 3.54. The van der Waals surface area contributed by atoms with Gasteiger partial charge < -0.3 is 4.74 Å². The normalized spacial score (nSPS) is 19.6. The van der Waals surface area contributed by atoms with E-state index in [0.29, 0.717) is 11.7 Å². The molecule has 0 radical (unpaired) electrons. The average Bonchev–Trinajstić information content (AvgIpc) is 2.78. The van der Waals surface area contributed by atoms with Crippen LogP contribution in [0.5, 0.6) is 0 Å². The molecule has 1 fully saturated rings. The van der Waals surface area contributed by atoms with E-state index in [4.69, 9.17) is 10.00 Å². The topological polar surface area (TPSA) is 45.9 Å². The molecule has 1 unspecified atom stereocenters. The molecule has 1 aromatic heterocycles. The van der Waals surface area contributed by atoms with Crippen LogP contribution in [0, 0.1) is 18.3 Å². The second-order valence-corrected chi connectivity index (χ2v) is 4.93. The van der Waals surface area contributed by atoms with Crippen LogP contribution in [0.25, 0.3) is 0 Å². The van der Waals surface area contributed by atoms with E-state index < -0.39 is 0 Å². The van der Waals surface area contributed by atoms with Gasteiger partial charge in [0.2, 0.25) is 0 Å². The fraction of sp³-hybridized carbons (Fsp3) is 0.500. The first-order valence-electron chi connectivity index (χ1n) is 5.41. The molecule has 1 aromatic rings. The summed E-state index contributed by atoms with van der Waals surface area (Å²) in [5.74, 6) is 0.932. The van der Waals surface area contributed by atoms with Gasteiger partial charge in [0.15, 0.2) is 0 Å². The third kappa shape index (κ3) is 2.97. The Labute approximate surface area is 99.8 Å². The van der Waals surface area contributed by atoms with E-state index in [1.807, 2.05) is 13.0 Å².